The second-order valence-electron chi connectivity index (χ2n) is 9.61. The average molecular weight is 581 g/mol. The van der Waals surface area contributed by atoms with Crippen molar-refractivity contribution < 1.29 is 18.7 Å². The molecule has 6 rings (SSSR count). The number of halogens is 1. The predicted octanol–water partition coefficient (Wildman–Crippen LogP) is 5.45. The number of fused-ring (bicyclic) bond motifs is 2. The molecular formula is C31H25FN6O3S. The number of hydrogen-bond donors (Lipinski definition) is 0. The lowest BCUT2D eigenvalue weighted by Gasteiger charge is -2.26. The quantitative estimate of drug-likeness (QED) is 0.177. The Kier molecular flexibility index (Phi) is 7.48. The SMILES string of the molecule is C=CC(=O)N1CCn2nc(-c3nc(-c4cncc(C#N)c4)c4ccsc4c3-c3ccc(F)cc3OCCOC)cc2C1. The molecule has 42 heavy (non-hydrogen) atoms. The van der Waals surface area contributed by atoms with Crippen LogP contribution in [0.3, 0.4) is 0 Å². The maximum atomic E-state index is 14.5. The first-order chi connectivity index (χ1) is 20.5. The molecule has 0 spiro atoms. The number of aromatic nitrogens is 4. The average Bonchev–Trinajstić information content (AvgIpc) is 3.68. The molecule has 0 aliphatic carbocycles. The smallest absolute Gasteiger partial charge is 0.246 e. The minimum Gasteiger partial charge on any atom is -0.490 e. The number of nitrogens with zero attached hydrogens (tertiary/aromatic N) is 6. The number of hydrogen-bond acceptors (Lipinski definition) is 8. The summed E-state index contributed by atoms with van der Waals surface area (Å²) in [5, 5.41) is 17.2. The molecule has 0 radical (unpaired) electrons. The summed E-state index contributed by atoms with van der Waals surface area (Å²) in [5.74, 6) is -0.208. The van der Waals surface area contributed by atoms with Crippen LogP contribution in [0.15, 0.2) is 66.8 Å². The number of rotatable bonds is 8. The van der Waals surface area contributed by atoms with Crippen LogP contribution in [0.5, 0.6) is 5.75 Å². The predicted molar refractivity (Wildman–Crippen MR) is 157 cm³/mol. The summed E-state index contributed by atoms with van der Waals surface area (Å²) in [7, 11) is 1.58. The Morgan fingerprint density at radius 2 is 2.07 bits per heavy atom. The number of thiophene rings is 1. The summed E-state index contributed by atoms with van der Waals surface area (Å²) in [6.07, 6.45) is 4.50. The van der Waals surface area contributed by atoms with E-state index < -0.39 is 5.82 Å². The van der Waals surface area contributed by atoms with Crippen LogP contribution < -0.4 is 4.74 Å². The minimum atomic E-state index is -0.427. The van der Waals surface area contributed by atoms with E-state index in [0.29, 0.717) is 65.8 Å². The molecule has 5 heterocycles. The van der Waals surface area contributed by atoms with E-state index in [0.717, 1.165) is 21.3 Å². The molecule has 1 amide bonds. The molecule has 11 heteroatoms. The molecule has 1 aromatic carbocycles. The Balaban J connectivity index is 1.60. The van der Waals surface area contributed by atoms with Gasteiger partial charge in [-0.05, 0) is 41.8 Å². The van der Waals surface area contributed by atoms with Crippen molar-refractivity contribution in [1.82, 2.24) is 24.6 Å². The van der Waals surface area contributed by atoms with E-state index >= 15 is 0 Å². The van der Waals surface area contributed by atoms with Gasteiger partial charge in [-0.2, -0.15) is 10.4 Å². The van der Waals surface area contributed by atoms with Gasteiger partial charge in [0.2, 0.25) is 5.91 Å². The van der Waals surface area contributed by atoms with Crippen molar-refractivity contribution in [2.24, 2.45) is 0 Å². The summed E-state index contributed by atoms with van der Waals surface area (Å²) in [5.41, 5.74) is 5.17. The van der Waals surface area contributed by atoms with Gasteiger partial charge in [0.1, 0.15) is 35.6 Å². The molecule has 0 N–H and O–H groups in total. The van der Waals surface area contributed by atoms with Crippen LogP contribution in [0.1, 0.15) is 11.3 Å². The van der Waals surface area contributed by atoms with Gasteiger partial charge in [0.25, 0.3) is 0 Å². The summed E-state index contributed by atoms with van der Waals surface area (Å²) >= 11 is 1.52. The van der Waals surface area contributed by atoms with Crippen molar-refractivity contribution >= 4 is 27.3 Å². The van der Waals surface area contributed by atoms with Crippen LogP contribution in [0.25, 0.3) is 43.9 Å². The van der Waals surface area contributed by atoms with Gasteiger partial charge in [-0.15, -0.1) is 11.3 Å². The van der Waals surface area contributed by atoms with Crippen LogP contribution in [0, 0.1) is 17.1 Å². The van der Waals surface area contributed by atoms with E-state index in [-0.39, 0.29) is 12.5 Å². The normalized spacial score (nSPS) is 12.6. The van der Waals surface area contributed by atoms with Gasteiger partial charge >= 0.3 is 0 Å². The van der Waals surface area contributed by atoms with E-state index in [9.17, 15) is 14.4 Å². The zero-order valence-corrected chi connectivity index (χ0v) is 23.5. The zero-order valence-electron chi connectivity index (χ0n) is 22.7. The molecule has 1 aliphatic rings. The molecule has 9 nitrogen and oxygen atoms in total. The second-order valence-corrected chi connectivity index (χ2v) is 10.5. The van der Waals surface area contributed by atoms with E-state index in [2.05, 4.69) is 17.6 Å². The Morgan fingerprint density at radius 1 is 1.19 bits per heavy atom. The lowest BCUT2D eigenvalue weighted by molar-refractivity contribution is -0.127. The third kappa shape index (κ3) is 5.02. The number of ether oxygens (including phenoxy) is 2. The Bertz CT molecular complexity index is 1870. The van der Waals surface area contributed by atoms with Gasteiger partial charge in [-0.3, -0.25) is 14.5 Å². The first-order valence-electron chi connectivity index (χ1n) is 13.2. The number of methoxy groups -OCH3 is 1. The van der Waals surface area contributed by atoms with Crippen molar-refractivity contribution in [2.75, 3.05) is 26.9 Å². The molecule has 0 saturated carbocycles. The fourth-order valence-corrected chi connectivity index (χ4v) is 6.02. The number of amides is 1. The summed E-state index contributed by atoms with van der Waals surface area (Å²) < 4.78 is 28.4. The highest BCUT2D eigenvalue weighted by Crippen LogP contribution is 2.46. The Labute approximate surface area is 245 Å². The fourth-order valence-electron chi connectivity index (χ4n) is 5.07. The Hall–Kier alpha value is -4.92. The van der Waals surface area contributed by atoms with Gasteiger partial charge in [0.15, 0.2) is 0 Å². The molecule has 1 aliphatic heterocycles. The second kappa shape index (κ2) is 11.5. The van der Waals surface area contributed by atoms with Crippen molar-refractivity contribution in [3.05, 3.63) is 83.9 Å². The lowest BCUT2D eigenvalue weighted by atomic mass is 9.97. The van der Waals surface area contributed by atoms with Gasteiger partial charge in [-0.25, -0.2) is 9.37 Å². The van der Waals surface area contributed by atoms with E-state index in [4.69, 9.17) is 19.6 Å². The topological polar surface area (TPSA) is 106 Å². The summed E-state index contributed by atoms with van der Waals surface area (Å²) in [4.78, 5) is 23.4. The molecule has 0 atom stereocenters. The number of nitriles is 1. The zero-order chi connectivity index (χ0) is 29.2. The summed E-state index contributed by atoms with van der Waals surface area (Å²) in [6.45, 7) is 5.60. The number of pyridine rings is 2. The van der Waals surface area contributed by atoms with Crippen molar-refractivity contribution in [3.8, 4) is 45.6 Å². The highest BCUT2D eigenvalue weighted by atomic mass is 32.1. The molecule has 0 unspecified atom stereocenters. The highest BCUT2D eigenvalue weighted by molar-refractivity contribution is 7.18. The van der Waals surface area contributed by atoms with Crippen LogP contribution >= 0.6 is 11.3 Å². The molecular weight excluding hydrogens is 555 g/mol. The standard InChI is InChI=1S/C31H25FN6O3S/c1-3-27(39)37-7-8-38-22(18-37)14-25(36-38)30-28(23-5-4-21(32)13-26(23)41-10-9-40-2)31-24(6-11-42-31)29(35-30)20-12-19(15-33)16-34-17-20/h3-6,11-14,16-17H,1,7-10,18H2,2H3. The largest absolute Gasteiger partial charge is 0.490 e. The number of benzene rings is 1. The third-order valence-corrected chi connectivity index (χ3v) is 7.97. The van der Waals surface area contributed by atoms with Gasteiger partial charge < -0.3 is 14.4 Å². The number of carbonyl (C=O) groups is 1. The number of carbonyl (C=O) groups excluding carboxylic acids is 1. The summed E-state index contributed by atoms with van der Waals surface area (Å²) in [6, 6.07) is 12.2. The molecule has 0 saturated heterocycles. The van der Waals surface area contributed by atoms with Crippen LogP contribution in [0.4, 0.5) is 4.39 Å². The maximum absolute atomic E-state index is 14.5. The minimum absolute atomic E-state index is 0.140. The van der Waals surface area contributed by atoms with E-state index in [1.807, 2.05) is 22.2 Å². The van der Waals surface area contributed by atoms with Crippen LogP contribution in [-0.4, -0.2) is 57.4 Å². The van der Waals surface area contributed by atoms with Crippen molar-refractivity contribution in [3.63, 3.8) is 0 Å². The lowest BCUT2D eigenvalue weighted by Crippen LogP contribution is -2.37. The van der Waals surface area contributed by atoms with Crippen molar-refractivity contribution in [1.29, 1.82) is 5.26 Å². The third-order valence-electron chi connectivity index (χ3n) is 7.03. The van der Waals surface area contributed by atoms with E-state index in [1.165, 1.54) is 35.7 Å². The first-order valence-corrected chi connectivity index (χ1v) is 14.1. The maximum Gasteiger partial charge on any atom is 0.246 e. The molecule has 0 fully saturated rings. The molecule has 210 valence electrons. The molecule has 0 bridgehead atoms. The first kappa shape index (κ1) is 27.3. The van der Waals surface area contributed by atoms with Gasteiger partial charge in [-0.1, -0.05) is 6.58 Å². The van der Waals surface area contributed by atoms with Crippen LogP contribution in [-0.2, 0) is 22.6 Å². The van der Waals surface area contributed by atoms with Crippen molar-refractivity contribution in [2.45, 2.75) is 13.1 Å². The fraction of sp³-hybridized carbons (Fsp3) is 0.194. The monoisotopic (exact) mass is 580 g/mol. The van der Waals surface area contributed by atoms with Crippen LogP contribution in [0.2, 0.25) is 0 Å². The molecule has 4 aromatic heterocycles. The van der Waals surface area contributed by atoms with Gasteiger partial charge in [0.05, 0.1) is 36.6 Å². The highest BCUT2D eigenvalue weighted by Gasteiger charge is 2.26. The van der Waals surface area contributed by atoms with Gasteiger partial charge in [0, 0.05) is 58.9 Å². The van der Waals surface area contributed by atoms with E-state index in [1.54, 1.807) is 30.3 Å². The molecule has 5 aromatic rings. The Morgan fingerprint density at radius 3 is 2.88 bits per heavy atom.